The second-order valence-corrected chi connectivity index (χ2v) is 6.25. The first-order valence-electron chi connectivity index (χ1n) is 6.55. The molecule has 0 saturated heterocycles. The number of hydrogen-bond donors (Lipinski definition) is 0. The summed E-state index contributed by atoms with van der Waals surface area (Å²) >= 11 is 0. The van der Waals surface area contributed by atoms with Gasteiger partial charge in [0.05, 0.1) is 5.69 Å². The Balaban J connectivity index is 1.89. The van der Waals surface area contributed by atoms with E-state index in [9.17, 15) is 4.79 Å². The SMILES string of the molecule is CC(C)(C)OC(=O)N1CC2CC2c2ccccc21. The quantitative estimate of drug-likeness (QED) is 0.699. The van der Waals surface area contributed by atoms with Crippen LogP contribution in [0.4, 0.5) is 10.5 Å². The van der Waals surface area contributed by atoms with Crippen molar-refractivity contribution in [1.29, 1.82) is 0 Å². The third-order valence-electron chi connectivity index (χ3n) is 3.58. The van der Waals surface area contributed by atoms with E-state index in [0.29, 0.717) is 11.8 Å². The van der Waals surface area contributed by atoms with Gasteiger partial charge in [0, 0.05) is 6.54 Å². The molecule has 0 N–H and O–H groups in total. The van der Waals surface area contributed by atoms with Crippen molar-refractivity contribution in [1.82, 2.24) is 0 Å². The van der Waals surface area contributed by atoms with Gasteiger partial charge in [0.2, 0.25) is 0 Å². The van der Waals surface area contributed by atoms with Gasteiger partial charge < -0.3 is 4.74 Å². The maximum atomic E-state index is 12.2. The molecule has 2 atom stereocenters. The zero-order valence-corrected chi connectivity index (χ0v) is 11.1. The van der Waals surface area contributed by atoms with Crippen LogP contribution in [0.1, 0.15) is 38.7 Å². The highest BCUT2D eigenvalue weighted by atomic mass is 16.6. The summed E-state index contributed by atoms with van der Waals surface area (Å²) in [5.74, 6) is 1.30. The molecule has 1 amide bonds. The summed E-state index contributed by atoms with van der Waals surface area (Å²) in [6.07, 6.45) is 0.983. The molecule has 2 aliphatic rings. The van der Waals surface area contributed by atoms with Crippen LogP contribution >= 0.6 is 0 Å². The molecular formula is C15H19NO2. The molecule has 0 aromatic heterocycles. The van der Waals surface area contributed by atoms with Gasteiger partial charge in [-0.05, 0) is 50.7 Å². The first kappa shape index (κ1) is 11.6. The van der Waals surface area contributed by atoms with Crippen LogP contribution in [0.3, 0.4) is 0 Å². The Morgan fingerprint density at radius 1 is 1.33 bits per heavy atom. The fraction of sp³-hybridized carbons (Fsp3) is 0.533. The van der Waals surface area contributed by atoms with Crippen molar-refractivity contribution >= 4 is 11.8 Å². The molecule has 1 aliphatic heterocycles. The van der Waals surface area contributed by atoms with Crippen LogP contribution in [0.5, 0.6) is 0 Å². The molecule has 1 heterocycles. The van der Waals surface area contributed by atoms with Gasteiger partial charge in [-0.25, -0.2) is 4.79 Å². The van der Waals surface area contributed by atoms with Gasteiger partial charge in [0.25, 0.3) is 0 Å². The van der Waals surface area contributed by atoms with E-state index in [1.165, 1.54) is 12.0 Å². The van der Waals surface area contributed by atoms with E-state index in [1.807, 2.05) is 39.0 Å². The van der Waals surface area contributed by atoms with Crippen molar-refractivity contribution in [2.24, 2.45) is 5.92 Å². The monoisotopic (exact) mass is 245 g/mol. The third-order valence-corrected chi connectivity index (χ3v) is 3.58. The van der Waals surface area contributed by atoms with Crippen molar-refractivity contribution in [3.8, 4) is 0 Å². The highest BCUT2D eigenvalue weighted by Crippen LogP contribution is 2.54. The highest BCUT2D eigenvalue weighted by Gasteiger charge is 2.46. The van der Waals surface area contributed by atoms with Crippen LogP contribution in [-0.2, 0) is 4.74 Å². The highest BCUT2D eigenvalue weighted by molar-refractivity contribution is 5.90. The zero-order valence-electron chi connectivity index (χ0n) is 11.1. The molecule has 3 rings (SSSR count). The first-order chi connectivity index (χ1) is 8.46. The van der Waals surface area contributed by atoms with Gasteiger partial charge in [-0.15, -0.1) is 0 Å². The lowest BCUT2D eigenvalue weighted by atomic mass is 10.0. The van der Waals surface area contributed by atoms with E-state index in [-0.39, 0.29) is 6.09 Å². The minimum absolute atomic E-state index is 0.222. The van der Waals surface area contributed by atoms with Gasteiger partial charge in [0.15, 0.2) is 0 Å². The number of anilines is 1. The molecule has 2 unspecified atom stereocenters. The molecule has 96 valence electrons. The molecule has 1 fully saturated rings. The molecular weight excluding hydrogens is 226 g/mol. The molecule has 3 nitrogen and oxygen atoms in total. The third kappa shape index (κ3) is 1.98. The number of benzene rings is 1. The standard InChI is InChI=1S/C15H19NO2/c1-15(2,3)18-14(17)16-9-10-8-12(10)11-6-4-5-7-13(11)16/h4-7,10,12H,8-9H2,1-3H3. The van der Waals surface area contributed by atoms with E-state index in [1.54, 1.807) is 4.90 Å². The lowest BCUT2D eigenvalue weighted by molar-refractivity contribution is 0.0576. The minimum Gasteiger partial charge on any atom is -0.443 e. The normalized spacial score (nSPS) is 25.2. The summed E-state index contributed by atoms with van der Waals surface area (Å²) < 4.78 is 5.49. The van der Waals surface area contributed by atoms with E-state index in [0.717, 1.165) is 12.2 Å². The number of amides is 1. The van der Waals surface area contributed by atoms with Crippen molar-refractivity contribution in [3.05, 3.63) is 29.8 Å². The zero-order chi connectivity index (χ0) is 12.9. The Morgan fingerprint density at radius 3 is 2.78 bits per heavy atom. The summed E-state index contributed by atoms with van der Waals surface area (Å²) in [4.78, 5) is 14.0. The van der Waals surface area contributed by atoms with E-state index < -0.39 is 5.60 Å². The van der Waals surface area contributed by atoms with E-state index >= 15 is 0 Å². The maximum Gasteiger partial charge on any atom is 0.414 e. The Bertz CT molecular complexity index is 490. The number of para-hydroxylation sites is 1. The fourth-order valence-corrected chi connectivity index (χ4v) is 2.70. The van der Waals surface area contributed by atoms with Crippen LogP contribution in [0.2, 0.25) is 0 Å². The van der Waals surface area contributed by atoms with E-state index in [4.69, 9.17) is 4.74 Å². The van der Waals surface area contributed by atoms with Crippen molar-refractivity contribution in [2.75, 3.05) is 11.4 Å². The molecule has 1 aromatic rings. The predicted octanol–water partition coefficient (Wildman–Crippen LogP) is 3.55. The maximum absolute atomic E-state index is 12.2. The second kappa shape index (κ2) is 3.74. The molecule has 18 heavy (non-hydrogen) atoms. The molecule has 0 spiro atoms. The van der Waals surface area contributed by atoms with Crippen LogP contribution in [0.25, 0.3) is 0 Å². The van der Waals surface area contributed by atoms with Crippen molar-refractivity contribution in [3.63, 3.8) is 0 Å². The lowest BCUT2D eigenvalue weighted by Gasteiger charge is -2.31. The Kier molecular flexibility index (Phi) is 2.40. The van der Waals surface area contributed by atoms with Crippen molar-refractivity contribution in [2.45, 2.75) is 38.7 Å². The molecule has 1 aromatic carbocycles. The summed E-state index contributed by atoms with van der Waals surface area (Å²) in [5, 5.41) is 0. The number of ether oxygens (including phenoxy) is 1. The summed E-state index contributed by atoms with van der Waals surface area (Å²) in [5.41, 5.74) is 1.90. The Labute approximate surface area is 108 Å². The van der Waals surface area contributed by atoms with Gasteiger partial charge in [-0.2, -0.15) is 0 Å². The number of carbonyl (C=O) groups is 1. The van der Waals surface area contributed by atoms with Gasteiger partial charge in [-0.1, -0.05) is 18.2 Å². The first-order valence-corrected chi connectivity index (χ1v) is 6.55. The molecule has 1 saturated carbocycles. The van der Waals surface area contributed by atoms with Crippen molar-refractivity contribution < 1.29 is 9.53 Å². The molecule has 1 aliphatic carbocycles. The van der Waals surface area contributed by atoms with Crippen LogP contribution < -0.4 is 4.90 Å². The summed E-state index contributed by atoms with van der Waals surface area (Å²) in [6, 6.07) is 8.19. The topological polar surface area (TPSA) is 29.5 Å². The minimum atomic E-state index is -0.438. The summed E-state index contributed by atoms with van der Waals surface area (Å²) in [6.45, 7) is 6.51. The van der Waals surface area contributed by atoms with Gasteiger partial charge in [-0.3, -0.25) is 4.90 Å². The lowest BCUT2D eigenvalue weighted by Crippen LogP contribution is -2.40. The number of hydrogen-bond acceptors (Lipinski definition) is 2. The number of nitrogens with zero attached hydrogens (tertiary/aromatic N) is 1. The average molecular weight is 245 g/mol. The average Bonchev–Trinajstić information content (AvgIpc) is 3.04. The predicted molar refractivity (Wildman–Crippen MR) is 70.9 cm³/mol. The van der Waals surface area contributed by atoms with E-state index in [2.05, 4.69) is 6.07 Å². The van der Waals surface area contributed by atoms with Crippen LogP contribution in [0, 0.1) is 5.92 Å². The smallest absolute Gasteiger partial charge is 0.414 e. The fourth-order valence-electron chi connectivity index (χ4n) is 2.70. The number of rotatable bonds is 0. The second-order valence-electron chi connectivity index (χ2n) is 6.25. The Morgan fingerprint density at radius 2 is 2.06 bits per heavy atom. The van der Waals surface area contributed by atoms with Crippen LogP contribution in [-0.4, -0.2) is 18.2 Å². The number of carbonyl (C=O) groups excluding carboxylic acids is 1. The largest absolute Gasteiger partial charge is 0.443 e. The van der Waals surface area contributed by atoms with Gasteiger partial charge >= 0.3 is 6.09 Å². The molecule has 0 radical (unpaired) electrons. The van der Waals surface area contributed by atoms with Gasteiger partial charge in [0.1, 0.15) is 5.60 Å². The van der Waals surface area contributed by atoms with Crippen LogP contribution in [0.15, 0.2) is 24.3 Å². The molecule has 0 bridgehead atoms. The summed E-state index contributed by atoms with van der Waals surface area (Å²) in [7, 11) is 0. The molecule has 3 heteroatoms. The number of fused-ring (bicyclic) bond motifs is 3. The Hall–Kier alpha value is -1.51.